The molecule has 0 saturated carbocycles. The maximum absolute atomic E-state index is 10.4. The Bertz CT molecular complexity index is 157. The van der Waals surface area contributed by atoms with Crippen LogP contribution in [0.1, 0.15) is 6.92 Å². The van der Waals surface area contributed by atoms with Crippen molar-refractivity contribution >= 4 is 26.9 Å². The molecule has 0 aromatic carbocycles. The van der Waals surface area contributed by atoms with Crippen molar-refractivity contribution < 1.29 is 19.4 Å². The molecule has 0 aliphatic rings. The van der Waals surface area contributed by atoms with Crippen LogP contribution in [0, 0.1) is 0 Å². The summed E-state index contributed by atoms with van der Waals surface area (Å²) in [5.74, 6) is 0.289. The predicted octanol–water partition coefficient (Wildman–Crippen LogP) is 0.173. The number of hydrogen-bond acceptors (Lipinski definition) is 3. The zero-order valence-corrected chi connectivity index (χ0v) is 8.08. The molecule has 0 fully saturated rings. The van der Waals surface area contributed by atoms with Crippen LogP contribution in [-0.2, 0) is 14.3 Å². The molecular formula is C6H10O4Se. The molecule has 0 rings (SSSR count). The maximum atomic E-state index is 10.4. The first-order valence-electron chi connectivity index (χ1n) is 2.97. The fraction of sp³-hybridized carbons (Fsp3) is 0.667. The van der Waals surface area contributed by atoms with Gasteiger partial charge in [-0.15, -0.1) is 0 Å². The van der Waals surface area contributed by atoms with Crippen LogP contribution < -0.4 is 0 Å². The average molecular weight is 225 g/mol. The third kappa shape index (κ3) is 4.81. The number of carbonyl (C=O) groups excluding carboxylic acids is 1. The summed E-state index contributed by atoms with van der Waals surface area (Å²) >= 11 is 0.207. The summed E-state index contributed by atoms with van der Waals surface area (Å²) in [5.41, 5.74) is 0. The van der Waals surface area contributed by atoms with Crippen molar-refractivity contribution in [1.82, 2.24) is 0 Å². The molecule has 0 radical (unpaired) electrons. The fourth-order valence-electron chi connectivity index (χ4n) is 0.507. The van der Waals surface area contributed by atoms with E-state index >= 15 is 0 Å². The van der Waals surface area contributed by atoms with Crippen molar-refractivity contribution in [2.45, 2.75) is 24.2 Å². The quantitative estimate of drug-likeness (QED) is 0.547. The van der Waals surface area contributed by atoms with Crippen LogP contribution in [0.15, 0.2) is 0 Å². The van der Waals surface area contributed by atoms with Crippen LogP contribution in [0.5, 0.6) is 0 Å². The Morgan fingerprint density at radius 2 is 2.18 bits per heavy atom. The Balaban J connectivity index is 3.89. The molecule has 1 atom stereocenters. The number of ether oxygens (including phenoxy) is 1. The van der Waals surface area contributed by atoms with Crippen molar-refractivity contribution in [3.05, 3.63) is 0 Å². The van der Waals surface area contributed by atoms with Crippen molar-refractivity contribution in [3.8, 4) is 0 Å². The molecule has 0 aromatic heterocycles. The van der Waals surface area contributed by atoms with E-state index in [0.29, 0.717) is 5.32 Å². The molecule has 5 heteroatoms. The molecule has 0 saturated heterocycles. The molecule has 0 spiro atoms. The van der Waals surface area contributed by atoms with Gasteiger partial charge in [0.2, 0.25) is 0 Å². The van der Waals surface area contributed by atoms with Gasteiger partial charge >= 0.3 is 70.5 Å². The molecular weight excluding hydrogens is 215 g/mol. The molecule has 1 unspecified atom stereocenters. The van der Waals surface area contributed by atoms with Gasteiger partial charge in [0.15, 0.2) is 0 Å². The van der Waals surface area contributed by atoms with E-state index in [-0.39, 0.29) is 15.0 Å². The molecule has 0 heterocycles. The van der Waals surface area contributed by atoms with E-state index in [9.17, 15) is 9.59 Å². The van der Waals surface area contributed by atoms with Gasteiger partial charge in [-0.3, -0.25) is 0 Å². The summed E-state index contributed by atoms with van der Waals surface area (Å²) in [4.78, 5) is 20.7. The summed E-state index contributed by atoms with van der Waals surface area (Å²) in [6.45, 7) is 1.21. The summed E-state index contributed by atoms with van der Waals surface area (Å²) in [6, 6.07) is 0. The third-order valence-corrected chi connectivity index (χ3v) is 2.24. The second-order valence-electron chi connectivity index (χ2n) is 1.89. The number of aliphatic carboxylic acids is 1. The zero-order chi connectivity index (χ0) is 8.85. The van der Waals surface area contributed by atoms with E-state index in [4.69, 9.17) is 5.11 Å². The van der Waals surface area contributed by atoms with Crippen LogP contribution in [0.25, 0.3) is 0 Å². The van der Waals surface area contributed by atoms with Crippen LogP contribution >= 0.6 is 0 Å². The second-order valence-corrected chi connectivity index (χ2v) is 3.80. The molecule has 11 heavy (non-hydrogen) atoms. The third-order valence-electron chi connectivity index (χ3n) is 0.902. The van der Waals surface area contributed by atoms with E-state index in [1.54, 1.807) is 0 Å². The fourth-order valence-corrected chi connectivity index (χ4v) is 1.58. The standard InChI is InChI=1S/C6H10O4Se/c1-4(7)10-5(3-11-2)6(8)9/h5H,3H2,1-2H3,(H,8,9). The van der Waals surface area contributed by atoms with Gasteiger partial charge in [0.05, 0.1) is 0 Å². The van der Waals surface area contributed by atoms with Crippen LogP contribution in [0.3, 0.4) is 0 Å². The van der Waals surface area contributed by atoms with E-state index < -0.39 is 18.0 Å². The van der Waals surface area contributed by atoms with Crippen LogP contribution in [0.4, 0.5) is 0 Å². The van der Waals surface area contributed by atoms with Crippen LogP contribution in [0.2, 0.25) is 11.1 Å². The summed E-state index contributed by atoms with van der Waals surface area (Å²) < 4.78 is 4.53. The first-order chi connectivity index (χ1) is 5.07. The number of esters is 1. The SMILES string of the molecule is C[Se]CC(OC(C)=O)C(=O)O. The molecule has 0 aromatic rings. The van der Waals surface area contributed by atoms with Gasteiger partial charge in [0.25, 0.3) is 0 Å². The molecule has 0 aliphatic carbocycles. The zero-order valence-electron chi connectivity index (χ0n) is 6.36. The number of hydrogen-bond donors (Lipinski definition) is 1. The summed E-state index contributed by atoms with van der Waals surface area (Å²) in [5, 5.41) is 8.92. The molecule has 4 nitrogen and oxygen atoms in total. The first-order valence-corrected chi connectivity index (χ1v) is 5.89. The van der Waals surface area contributed by atoms with E-state index in [0.717, 1.165) is 0 Å². The number of carbonyl (C=O) groups is 2. The van der Waals surface area contributed by atoms with Gasteiger partial charge in [0, 0.05) is 0 Å². The number of carboxylic acids is 1. The van der Waals surface area contributed by atoms with Crippen molar-refractivity contribution in [2.75, 3.05) is 0 Å². The van der Waals surface area contributed by atoms with E-state index in [1.165, 1.54) is 6.92 Å². The Morgan fingerprint density at radius 1 is 1.64 bits per heavy atom. The first kappa shape index (κ1) is 10.5. The predicted molar refractivity (Wildman–Crippen MR) is 39.6 cm³/mol. The second kappa shape index (κ2) is 5.15. The molecule has 0 bridgehead atoms. The van der Waals surface area contributed by atoms with Gasteiger partial charge in [-0.2, -0.15) is 0 Å². The van der Waals surface area contributed by atoms with Gasteiger partial charge in [-0.1, -0.05) is 0 Å². The molecule has 1 N–H and O–H groups in total. The van der Waals surface area contributed by atoms with Crippen molar-refractivity contribution in [3.63, 3.8) is 0 Å². The van der Waals surface area contributed by atoms with E-state index in [2.05, 4.69) is 4.74 Å². The minimum absolute atomic E-state index is 0.207. The van der Waals surface area contributed by atoms with Gasteiger partial charge in [-0.25, -0.2) is 0 Å². The minimum atomic E-state index is -1.07. The van der Waals surface area contributed by atoms with Crippen molar-refractivity contribution in [1.29, 1.82) is 0 Å². The van der Waals surface area contributed by atoms with Gasteiger partial charge in [0.1, 0.15) is 0 Å². The number of carboxylic acid groups (broad SMARTS) is 1. The molecule has 64 valence electrons. The Hall–Kier alpha value is -0.541. The summed E-state index contributed by atoms with van der Waals surface area (Å²) in [7, 11) is 0. The van der Waals surface area contributed by atoms with Crippen LogP contribution in [-0.4, -0.2) is 38.1 Å². The Kier molecular flexibility index (Phi) is 4.90. The average Bonchev–Trinajstić information content (AvgIpc) is 1.86. The Morgan fingerprint density at radius 3 is 2.45 bits per heavy atom. The molecule has 0 aliphatic heterocycles. The topological polar surface area (TPSA) is 63.6 Å². The summed E-state index contributed by atoms with van der Waals surface area (Å²) in [6.07, 6.45) is -0.947. The normalized spacial score (nSPS) is 12.2. The monoisotopic (exact) mass is 226 g/mol. The number of rotatable bonds is 4. The van der Waals surface area contributed by atoms with Crippen molar-refractivity contribution in [2.24, 2.45) is 0 Å². The van der Waals surface area contributed by atoms with Gasteiger partial charge in [-0.05, 0) is 0 Å². The molecule has 0 amide bonds. The van der Waals surface area contributed by atoms with Gasteiger partial charge < -0.3 is 0 Å². The van der Waals surface area contributed by atoms with E-state index in [1.807, 2.05) is 5.82 Å². The Labute approximate surface area is 71.1 Å².